The van der Waals surface area contributed by atoms with E-state index in [1.807, 2.05) is 0 Å². The number of nitrogens with one attached hydrogen (secondary N) is 1. The van der Waals surface area contributed by atoms with Gasteiger partial charge in [-0.25, -0.2) is 0 Å². The van der Waals surface area contributed by atoms with Crippen molar-refractivity contribution in [2.24, 2.45) is 7.05 Å². The van der Waals surface area contributed by atoms with Crippen molar-refractivity contribution in [3.8, 4) is 5.75 Å². The van der Waals surface area contributed by atoms with E-state index in [2.05, 4.69) is 10.4 Å². The van der Waals surface area contributed by atoms with E-state index < -0.39 is 17.8 Å². The third-order valence-corrected chi connectivity index (χ3v) is 4.56. The maximum Gasteiger partial charge on any atom is 0.435 e. The van der Waals surface area contributed by atoms with Gasteiger partial charge in [0.2, 0.25) is 0 Å². The summed E-state index contributed by atoms with van der Waals surface area (Å²) >= 11 is 0.949. The van der Waals surface area contributed by atoms with Gasteiger partial charge >= 0.3 is 6.18 Å². The fourth-order valence-corrected chi connectivity index (χ4v) is 3.26. The monoisotopic (exact) mass is 355 g/mol. The van der Waals surface area contributed by atoms with Gasteiger partial charge in [-0.3, -0.25) is 9.48 Å². The van der Waals surface area contributed by atoms with Crippen LogP contribution in [-0.4, -0.2) is 22.8 Å². The largest absolute Gasteiger partial charge is 0.495 e. The maximum absolute atomic E-state index is 13.0. The number of carbonyl (C=O) groups excluding carboxylic acids is 1. The molecule has 5 nitrogen and oxygen atoms in total. The van der Waals surface area contributed by atoms with Crippen LogP contribution in [0.3, 0.4) is 0 Å². The normalized spacial score (nSPS) is 11.7. The van der Waals surface area contributed by atoms with Gasteiger partial charge in [-0.05, 0) is 18.2 Å². The number of hydrogen-bond donors (Lipinski definition) is 1. The second-order valence-electron chi connectivity index (χ2n) is 4.95. The van der Waals surface area contributed by atoms with Crippen LogP contribution in [0.4, 0.5) is 18.9 Å². The molecule has 1 aromatic carbocycles. The summed E-state index contributed by atoms with van der Waals surface area (Å²) in [6.45, 7) is 0. The number of halogens is 3. The van der Waals surface area contributed by atoms with Crippen molar-refractivity contribution in [2.75, 3.05) is 12.4 Å². The van der Waals surface area contributed by atoms with Gasteiger partial charge in [-0.15, -0.1) is 11.3 Å². The summed E-state index contributed by atoms with van der Waals surface area (Å²) < 4.78 is 45.3. The Labute approximate surface area is 138 Å². The molecule has 0 saturated heterocycles. The second-order valence-corrected chi connectivity index (χ2v) is 5.98. The molecule has 3 rings (SSSR count). The van der Waals surface area contributed by atoms with Gasteiger partial charge in [0.1, 0.15) is 10.6 Å². The highest BCUT2D eigenvalue weighted by Gasteiger charge is 2.37. The smallest absolute Gasteiger partial charge is 0.435 e. The number of carbonyl (C=O) groups is 1. The predicted octanol–water partition coefficient (Wildman–Crippen LogP) is 3.91. The molecule has 0 atom stereocenters. The molecule has 0 unspecified atom stereocenters. The molecule has 0 aliphatic rings. The molecule has 0 radical (unpaired) electrons. The quantitative estimate of drug-likeness (QED) is 0.775. The van der Waals surface area contributed by atoms with Crippen LogP contribution in [0.25, 0.3) is 10.2 Å². The molecule has 2 heterocycles. The van der Waals surface area contributed by atoms with Crippen LogP contribution in [-0.2, 0) is 13.2 Å². The Balaban J connectivity index is 1.96. The molecule has 0 saturated carbocycles. The van der Waals surface area contributed by atoms with Crippen LogP contribution in [0.15, 0.2) is 30.3 Å². The van der Waals surface area contributed by atoms with Crippen LogP contribution in [0.1, 0.15) is 15.4 Å². The number of amides is 1. The van der Waals surface area contributed by atoms with E-state index >= 15 is 0 Å². The summed E-state index contributed by atoms with van der Waals surface area (Å²) in [4.78, 5) is 12.8. The number of methoxy groups -OCH3 is 1. The summed E-state index contributed by atoms with van der Waals surface area (Å²) in [5.74, 6) is -0.0431. The summed E-state index contributed by atoms with van der Waals surface area (Å²) in [6, 6.07) is 7.99. The van der Waals surface area contributed by atoms with Crippen molar-refractivity contribution in [3.63, 3.8) is 0 Å². The summed E-state index contributed by atoms with van der Waals surface area (Å²) in [7, 11) is 2.88. The van der Waals surface area contributed by atoms with E-state index in [9.17, 15) is 18.0 Å². The minimum Gasteiger partial charge on any atom is -0.495 e. The third kappa shape index (κ3) is 2.82. The van der Waals surface area contributed by atoms with Gasteiger partial charge in [0, 0.05) is 12.4 Å². The molecule has 0 aliphatic heterocycles. The zero-order chi connectivity index (χ0) is 17.5. The number of aromatic nitrogens is 2. The number of ether oxygens (including phenoxy) is 1. The summed E-state index contributed by atoms with van der Waals surface area (Å²) in [5.41, 5.74) is -0.552. The molecular formula is C15H12F3N3O2S. The standard InChI is InChI=1S/C15H12F3N3O2S/c1-21-14-8(12(20-21)15(16,17)18)7-11(24-14)13(22)19-9-5-3-4-6-10(9)23-2/h3-7H,1-2H3,(H,19,22). The topological polar surface area (TPSA) is 56.1 Å². The van der Waals surface area contributed by atoms with Gasteiger partial charge in [0.25, 0.3) is 5.91 Å². The third-order valence-electron chi connectivity index (χ3n) is 3.36. The minimum absolute atomic E-state index is 0.0832. The lowest BCUT2D eigenvalue weighted by Crippen LogP contribution is -2.11. The second kappa shape index (κ2) is 5.82. The molecule has 3 aromatic rings. The molecule has 0 fully saturated rings. The first-order chi connectivity index (χ1) is 11.3. The van der Waals surface area contributed by atoms with E-state index in [1.54, 1.807) is 24.3 Å². The average Bonchev–Trinajstić information content (AvgIpc) is 3.08. The molecule has 126 valence electrons. The highest BCUT2D eigenvalue weighted by molar-refractivity contribution is 7.20. The van der Waals surface area contributed by atoms with E-state index in [4.69, 9.17) is 4.74 Å². The number of alkyl halides is 3. The number of hydrogen-bond acceptors (Lipinski definition) is 4. The number of nitrogens with zero attached hydrogens (tertiary/aromatic N) is 2. The van der Waals surface area contributed by atoms with Gasteiger partial charge in [-0.1, -0.05) is 12.1 Å². The van der Waals surface area contributed by atoms with Crippen molar-refractivity contribution >= 4 is 33.1 Å². The molecule has 2 aromatic heterocycles. The van der Waals surface area contributed by atoms with E-state index in [1.165, 1.54) is 20.2 Å². The number of para-hydroxylation sites is 2. The number of aryl methyl sites for hydroxylation is 1. The highest BCUT2D eigenvalue weighted by atomic mass is 32.1. The average molecular weight is 355 g/mol. The Morgan fingerprint density at radius 2 is 2.04 bits per heavy atom. The molecule has 0 spiro atoms. The highest BCUT2D eigenvalue weighted by Crippen LogP contribution is 2.37. The van der Waals surface area contributed by atoms with Crippen LogP contribution in [0, 0.1) is 0 Å². The van der Waals surface area contributed by atoms with Crippen LogP contribution < -0.4 is 10.1 Å². The van der Waals surface area contributed by atoms with Crippen LogP contribution in [0.5, 0.6) is 5.75 Å². The van der Waals surface area contributed by atoms with Crippen molar-refractivity contribution in [1.82, 2.24) is 9.78 Å². The minimum atomic E-state index is -4.57. The molecule has 0 aliphatic carbocycles. The molecule has 24 heavy (non-hydrogen) atoms. The number of rotatable bonds is 3. The molecule has 1 N–H and O–H groups in total. The first-order valence-electron chi connectivity index (χ1n) is 6.79. The van der Waals surface area contributed by atoms with E-state index in [-0.39, 0.29) is 15.1 Å². The van der Waals surface area contributed by atoms with Gasteiger partial charge < -0.3 is 10.1 Å². The van der Waals surface area contributed by atoms with E-state index in [0.717, 1.165) is 16.0 Å². The number of benzene rings is 1. The van der Waals surface area contributed by atoms with Gasteiger partial charge in [-0.2, -0.15) is 18.3 Å². The first kappa shape index (κ1) is 16.3. The SMILES string of the molecule is COc1ccccc1NC(=O)c1cc2c(C(F)(F)F)nn(C)c2s1. The van der Waals surface area contributed by atoms with Crippen molar-refractivity contribution in [3.05, 3.63) is 40.9 Å². The predicted molar refractivity (Wildman–Crippen MR) is 84.5 cm³/mol. The Bertz CT molecular complexity index is 914. The Kier molecular flexibility index (Phi) is 3.96. The summed E-state index contributed by atoms with van der Waals surface area (Å²) in [5, 5.41) is 6.04. The molecule has 9 heteroatoms. The van der Waals surface area contributed by atoms with Crippen molar-refractivity contribution < 1.29 is 22.7 Å². The Morgan fingerprint density at radius 1 is 1.33 bits per heavy atom. The molecule has 1 amide bonds. The first-order valence-corrected chi connectivity index (χ1v) is 7.61. The Morgan fingerprint density at radius 3 is 2.71 bits per heavy atom. The van der Waals surface area contributed by atoms with Crippen LogP contribution in [0.2, 0.25) is 0 Å². The lowest BCUT2D eigenvalue weighted by molar-refractivity contribution is -0.140. The lowest BCUT2D eigenvalue weighted by atomic mass is 10.2. The molecule has 0 bridgehead atoms. The van der Waals surface area contributed by atoms with Gasteiger partial charge in [0.15, 0.2) is 5.69 Å². The summed E-state index contributed by atoms with van der Waals surface area (Å²) in [6.07, 6.45) is -4.57. The van der Waals surface area contributed by atoms with Crippen LogP contribution >= 0.6 is 11.3 Å². The fourth-order valence-electron chi connectivity index (χ4n) is 2.29. The van der Waals surface area contributed by atoms with Crippen molar-refractivity contribution in [2.45, 2.75) is 6.18 Å². The number of anilines is 1. The fraction of sp³-hybridized carbons (Fsp3) is 0.200. The van der Waals surface area contributed by atoms with Crippen molar-refractivity contribution in [1.29, 1.82) is 0 Å². The zero-order valence-corrected chi connectivity index (χ0v) is 13.5. The van der Waals surface area contributed by atoms with Gasteiger partial charge in [0.05, 0.1) is 17.7 Å². The lowest BCUT2D eigenvalue weighted by Gasteiger charge is -2.08. The number of thiophene rings is 1. The maximum atomic E-state index is 13.0. The molecular weight excluding hydrogens is 343 g/mol. The zero-order valence-electron chi connectivity index (χ0n) is 12.6. The Hall–Kier alpha value is -2.55. The number of fused-ring (bicyclic) bond motifs is 1. The van der Waals surface area contributed by atoms with E-state index in [0.29, 0.717) is 11.4 Å².